The lowest BCUT2D eigenvalue weighted by Gasteiger charge is -2.19. The fourth-order valence-corrected chi connectivity index (χ4v) is 1.59. The summed E-state index contributed by atoms with van der Waals surface area (Å²) in [4.78, 5) is 22.8. The van der Waals surface area contributed by atoms with Gasteiger partial charge in [0, 0.05) is 13.7 Å². The van der Waals surface area contributed by atoms with Crippen LogP contribution in [-0.4, -0.2) is 36.7 Å². The normalized spacial score (nSPS) is 10.9. The molecule has 0 unspecified atom stereocenters. The molecule has 2 N–H and O–H groups in total. The Morgan fingerprint density at radius 1 is 1.27 bits per heavy atom. The predicted octanol–water partition coefficient (Wildman–Crippen LogP) is 2.39. The number of nitrogens with one attached hydrogen (secondary N) is 1. The Balaban J connectivity index is 2.74. The van der Waals surface area contributed by atoms with Crippen LogP contribution in [0.4, 0.5) is 4.79 Å². The molecular formula is C15H21NO6. The molecule has 0 aliphatic heterocycles. The van der Waals surface area contributed by atoms with E-state index in [-0.39, 0.29) is 24.7 Å². The monoisotopic (exact) mass is 311 g/mol. The summed E-state index contributed by atoms with van der Waals surface area (Å²) in [5.74, 6) is -0.916. The molecule has 0 fully saturated rings. The molecule has 1 rings (SSSR count). The molecule has 0 saturated heterocycles. The number of carbonyl (C=O) groups is 2. The number of benzene rings is 1. The van der Waals surface area contributed by atoms with E-state index >= 15 is 0 Å². The number of aromatic carboxylic acids is 1. The number of methoxy groups -OCH3 is 1. The van der Waals surface area contributed by atoms with Crippen LogP contribution < -0.4 is 10.1 Å². The molecule has 7 nitrogen and oxygen atoms in total. The van der Waals surface area contributed by atoms with E-state index < -0.39 is 17.7 Å². The average molecular weight is 311 g/mol. The second-order valence-electron chi connectivity index (χ2n) is 5.54. The highest BCUT2D eigenvalue weighted by Crippen LogP contribution is 2.20. The summed E-state index contributed by atoms with van der Waals surface area (Å²) in [6.07, 6.45) is -0.566. The maximum Gasteiger partial charge on any atom is 0.407 e. The molecule has 1 aromatic carbocycles. The lowest BCUT2D eigenvalue weighted by molar-refractivity contribution is 0.0483. The Labute approximate surface area is 129 Å². The lowest BCUT2D eigenvalue weighted by Crippen LogP contribution is -2.32. The number of alkyl carbamates (subject to hydrolysis) is 1. The van der Waals surface area contributed by atoms with Crippen LogP contribution >= 0.6 is 0 Å². The fraction of sp³-hybridized carbons (Fsp3) is 0.467. The van der Waals surface area contributed by atoms with Crippen LogP contribution in [0, 0.1) is 0 Å². The number of amides is 1. The lowest BCUT2D eigenvalue weighted by atomic mass is 10.1. The quantitative estimate of drug-likeness (QED) is 0.783. The van der Waals surface area contributed by atoms with Crippen LogP contribution in [-0.2, 0) is 16.0 Å². The van der Waals surface area contributed by atoms with Crippen LogP contribution in [0.2, 0.25) is 0 Å². The van der Waals surface area contributed by atoms with Crippen molar-refractivity contribution in [2.75, 3.05) is 13.9 Å². The van der Waals surface area contributed by atoms with Crippen molar-refractivity contribution >= 4 is 12.1 Å². The minimum Gasteiger partial charge on any atom is -0.478 e. The van der Waals surface area contributed by atoms with Crippen molar-refractivity contribution in [2.24, 2.45) is 0 Å². The topological polar surface area (TPSA) is 94.1 Å². The highest BCUT2D eigenvalue weighted by molar-refractivity contribution is 5.91. The molecule has 0 bridgehead atoms. The van der Waals surface area contributed by atoms with Gasteiger partial charge in [-0.15, -0.1) is 0 Å². The molecule has 0 radical (unpaired) electrons. The van der Waals surface area contributed by atoms with Crippen LogP contribution in [0.1, 0.15) is 36.7 Å². The molecule has 1 amide bonds. The molecule has 0 aliphatic carbocycles. The van der Waals surface area contributed by atoms with Crippen molar-refractivity contribution in [2.45, 2.75) is 32.9 Å². The first-order chi connectivity index (χ1) is 10.2. The van der Waals surface area contributed by atoms with Crippen LogP contribution in [0.3, 0.4) is 0 Å². The Kier molecular flexibility index (Phi) is 6.18. The van der Waals surface area contributed by atoms with Gasteiger partial charge >= 0.3 is 12.1 Å². The maximum atomic E-state index is 11.6. The number of carbonyl (C=O) groups excluding carboxylic acids is 1. The van der Waals surface area contributed by atoms with Crippen molar-refractivity contribution in [1.29, 1.82) is 0 Å². The summed E-state index contributed by atoms with van der Waals surface area (Å²) in [6.45, 7) is 5.39. The Hall–Kier alpha value is -2.28. The van der Waals surface area contributed by atoms with Crippen LogP contribution in [0.5, 0.6) is 5.75 Å². The molecular weight excluding hydrogens is 290 g/mol. The third-order valence-corrected chi connectivity index (χ3v) is 2.44. The number of rotatable bonds is 6. The van der Waals surface area contributed by atoms with Gasteiger partial charge in [0.15, 0.2) is 6.79 Å². The van der Waals surface area contributed by atoms with Gasteiger partial charge in [0.25, 0.3) is 0 Å². The second-order valence-corrected chi connectivity index (χ2v) is 5.54. The van der Waals surface area contributed by atoms with E-state index in [1.54, 1.807) is 26.8 Å². The van der Waals surface area contributed by atoms with E-state index in [1.165, 1.54) is 19.2 Å². The number of hydrogen-bond acceptors (Lipinski definition) is 5. The van der Waals surface area contributed by atoms with E-state index in [9.17, 15) is 14.7 Å². The van der Waals surface area contributed by atoms with E-state index in [4.69, 9.17) is 14.2 Å². The third kappa shape index (κ3) is 6.01. The second kappa shape index (κ2) is 7.65. The van der Waals surface area contributed by atoms with Gasteiger partial charge in [0.1, 0.15) is 16.9 Å². The molecule has 0 aromatic heterocycles. The van der Waals surface area contributed by atoms with Gasteiger partial charge in [-0.1, -0.05) is 6.07 Å². The van der Waals surface area contributed by atoms with Gasteiger partial charge in [0.2, 0.25) is 0 Å². The highest BCUT2D eigenvalue weighted by Gasteiger charge is 2.16. The Morgan fingerprint density at radius 3 is 2.50 bits per heavy atom. The number of ether oxygens (including phenoxy) is 3. The van der Waals surface area contributed by atoms with Gasteiger partial charge in [-0.05, 0) is 38.5 Å². The van der Waals surface area contributed by atoms with Gasteiger partial charge in [-0.2, -0.15) is 0 Å². The Bertz CT molecular complexity index is 535. The van der Waals surface area contributed by atoms with E-state index in [0.29, 0.717) is 5.56 Å². The molecule has 122 valence electrons. The average Bonchev–Trinajstić information content (AvgIpc) is 2.41. The highest BCUT2D eigenvalue weighted by atomic mass is 16.7. The van der Waals surface area contributed by atoms with Gasteiger partial charge < -0.3 is 24.6 Å². The van der Waals surface area contributed by atoms with Crippen LogP contribution in [0.25, 0.3) is 0 Å². The smallest absolute Gasteiger partial charge is 0.407 e. The summed E-state index contributed by atoms with van der Waals surface area (Å²) in [7, 11) is 1.44. The van der Waals surface area contributed by atoms with Crippen molar-refractivity contribution in [3.63, 3.8) is 0 Å². The van der Waals surface area contributed by atoms with Crippen LogP contribution in [0.15, 0.2) is 18.2 Å². The summed E-state index contributed by atoms with van der Waals surface area (Å²) < 4.78 is 15.0. The largest absolute Gasteiger partial charge is 0.478 e. The predicted molar refractivity (Wildman–Crippen MR) is 79.0 cm³/mol. The molecule has 1 aromatic rings. The maximum absolute atomic E-state index is 11.6. The van der Waals surface area contributed by atoms with E-state index in [2.05, 4.69) is 5.32 Å². The zero-order valence-corrected chi connectivity index (χ0v) is 13.1. The minimum atomic E-state index is -1.12. The SMILES string of the molecule is COCOc1ccc(CNC(=O)OC(C)(C)C)cc1C(=O)O. The minimum absolute atomic E-state index is 0.000499. The first kappa shape index (κ1) is 17.8. The summed E-state index contributed by atoms with van der Waals surface area (Å²) in [6, 6.07) is 4.62. The first-order valence-electron chi connectivity index (χ1n) is 6.67. The van der Waals surface area contributed by atoms with Gasteiger partial charge in [0.05, 0.1) is 0 Å². The summed E-state index contributed by atoms with van der Waals surface area (Å²) in [5.41, 5.74) is 0.0299. The standard InChI is InChI=1S/C15H21NO6/c1-15(2,3)22-14(19)16-8-10-5-6-12(21-9-20-4)11(7-10)13(17)18/h5-7H,8-9H2,1-4H3,(H,16,19)(H,17,18). The van der Waals surface area contributed by atoms with E-state index in [1.807, 2.05) is 0 Å². The van der Waals surface area contributed by atoms with E-state index in [0.717, 1.165) is 0 Å². The molecule has 0 atom stereocenters. The van der Waals surface area contributed by atoms with Crippen molar-refractivity contribution in [1.82, 2.24) is 5.32 Å². The third-order valence-electron chi connectivity index (χ3n) is 2.44. The number of carboxylic acids is 1. The molecule has 22 heavy (non-hydrogen) atoms. The zero-order valence-electron chi connectivity index (χ0n) is 13.1. The molecule has 0 spiro atoms. The fourth-order valence-electron chi connectivity index (χ4n) is 1.59. The van der Waals surface area contributed by atoms with Gasteiger partial charge in [-0.25, -0.2) is 9.59 Å². The first-order valence-corrected chi connectivity index (χ1v) is 6.67. The van der Waals surface area contributed by atoms with Gasteiger partial charge in [-0.3, -0.25) is 0 Å². The number of carboxylic acid groups (broad SMARTS) is 1. The zero-order chi connectivity index (χ0) is 16.8. The number of hydrogen-bond donors (Lipinski definition) is 2. The summed E-state index contributed by atoms with van der Waals surface area (Å²) >= 11 is 0. The Morgan fingerprint density at radius 2 is 1.95 bits per heavy atom. The molecule has 0 aliphatic rings. The van der Waals surface area contributed by atoms with Crippen molar-refractivity contribution in [3.8, 4) is 5.75 Å². The molecule has 7 heteroatoms. The van der Waals surface area contributed by atoms with Crippen molar-refractivity contribution in [3.05, 3.63) is 29.3 Å². The summed E-state index contributed by atoms with van der Waals surface area (Å²) in [5, 5.41) is 11.8. The molecule has 0 saturated carbocycles. The molecule has 0 heterocycles. The van der Waals surface area contributed by atoms with Crippen molar-refractivity contribution < 1.29 is 28.9 Å².